The predicted molar refractivity (Wildman–Crippen MR) is 65.1 cm³/mol. The van der Waals surface area contributed by atoms with E-state index in [0.29, 0.717) is 19.3 Å². The minimum Gasteiger partial charge on any atom is -0.480 e. The number of nitrogens with one attached hydrogen (secondary N) is 2. The Morgan fingerprint density at radius 3 is 2.33 bits per heavy atom. The zero-order valence-electron chi connectivity index (χ0n) is 10.2. The molecule has 1 rings (SSSR count). The van der Waals surface area contributed by atoms with Gasteiger partial charge in [-0.05, 0) is 19.3 Å². The quantitative estimate of drug-likeness (QED) is 0.655. The zero-order chi connectivity index (χ0) is 13.8. The molecule has 1 atom stereocenters. The Balaban J connectivity index is 2.39. The van der Waals surface area contributed by atoms with Crippen molar-refractivity contribution in [3.8, 4) is 0 Å². The second-order valence-corrected chi connectivity index (χ2v) is 6.65. The highest BCUT2D eigenvalue weighted by molar-refractivity contribution is 7.91. The molecule has 8 heteroatoms. The number of hydrogen-bond acceptors (Lipinski definition) is 4. The summed E-state index contributed by atoms with van der Waals surface area (Å²) in [5.74, 6) is -0.957. The molecule has 0 unspecified atom stereocenters. The number of carbonyl (C=O) groups excluding carboxylic acids is 1. The van der Waals surface area contributed by atoms with E-state index in [4.69, 9.17) is 5.11 Å². The van der Waals surface area contributed by atoms with Crippen molar-refractivity contribution in [2.24, 2.45) is 0 Å². The van der Waals surface area contributed by atoms with Gasteiger partial charge in [-0.15, -0.1) is 0 Å². The van der Waals surface area contributed by atoms with Crippen molar-refractivity contribution in [2.75, 3.05) is 11.5 Å². The summed E-state index contributed by atoms with van der Waals surface area (Å²) >= 11 is 0. The van der Waals surface area contributed by atoms with Gasteiger partial charge in [0.2, 0.25) is 0 Å². The maximum atomic E-state index is 11.5. The van der Waals surface area contributed by atoms with Gasteiger partial charge in [-0.3, -0.25) is 0 Å². The van der Waals surface area contributed by atoms with Gasteiger partial charge < -0.3 is 15.7 Å². The Labute approximate surface area is 106 Å². The van der Waals surface area contributed by atoms with E-state index in [0.717, 1.165) is 0 Å². The number of amides is 2. The number of aliphatic carboxylic acids is 1. The van der Waals surface area contributed by atoms with Crippen molar-refractivity contribution in [2.45, 2.75) is 38.3 Å². The number of sulfone groups is 1. The molecule has 2 amide bonds. The highest BCUT2D eigenvalue weighted by Gasteiger charge is 2.25. The van der Waals surface area contributed by atoms with E-state index in [1.54, 1.807) is 6.92 Å². The molecule has 0 aromatic heterocycles. The second kappa shape index (κ2) is 6.03. The van der Waals surface area contributed by atoms with Crippen LogP contribution in [0.4, 0.5) is 4.79 Å². The van der Waals surface area contributed by atoms with Crippen molar-refractivity contribution in [1.29, 1.82) is 0 Å². The minimum atomic E-state index is -2.96. The fraction of sp³-hybridized carbons (Fsp3) is 0.800. The first kappa shape index (κ1) is 14.7. The molecule has 1 fully saturated rings. The van der Waals surface area contributed by atoms with Crippen LogP contribution in [-0.4, -0.2) is 49.1 Å². The van der Waals surface area contributed by atoms with Crippen molar-refractivity contribution in [1.82, 2.24) is 10.6 Å². The third-order valence-corrected chi connectivity index (χ3v) is 4.62. The van der Waals surface area contributed by atoms with E-state index in [1.165, 1.54) is 0 Å². The third kappa shape index (κ3) is 4.52. The first-order valence-corrected chi connectivity index (χ1v) is 7.66. The van der Waals surface area contributed by atoms with Crippen LogP contribution < -0.4 is 10.6 Å². The van der Waals surface area contributed by atoms with Gasteiger partial charge in [0.25, 0.3) is 0 Å². The lowest BCUT2D eigenvalue weighted by atomic mass is 10.1. The predicted octanol–water partition coefficient (Wildman–Crippen LogP) is -0.274. The summed E-state index contributed by atoms with van der Waals surface area (Å²) in [5.41, 5.74) is 0. The van der Waals surface area contributed by atoms with Crippen LogP contribution in [-0.2, 0) is 14.6 Å². The lowest BCUT2D eigenvalue weighted by Gasteiger charge is -2.24. The topological polar surface area (TPSA) is 113 Å². The third-order valence-electron chi connectivity index (χ3n) is 2.90. The van der Waals surface area contributed by atoms with Gasteiger partial charge in [-0.1, -0.05) is 6.92 Å². The molecule has 0 aliphatic carbocycles. The molecule has 0 saturated carbocycles. The first-order valence-electron chi connectivity index (χ1n) is 5.84. The van der Waals surface area contributed by atoms with E-state index in [1.807, 2.05) is 0 Å². The Kier molecular flexibility index (Phi) is 4.94. The monoisotopic (exact) mass is 278 g/mol. The second-order valence-electron chi connectivity index (χ2n) is 4.34. The average molecular weight is 278 g/mol. The zero-order valence-corrected chi connectivity index (χ0v) is 11.0. The van der Waals surface area contributed by atoms with E-state index >= 15 is 0 Å². The normalized spacial score (nSPS) is 20.9. The fourth-order valence-electron chi connectivity index (χ4n) is 1.76. The van der Waals surface area contributed by atoms with Crippen LogP contribution in [0, 0.1) is 0 Å². The molecule has 18 heavy (non-hydrogen) atoms. The maximum absolute atomic E-state index is 11.5. The molecule has 0 bridgehead atoms. The number of carboxylic acids is 1. The SMILES string of the molecule is CC[C@H](NC(=O)NC1CCS(=O)(=O)CC1)C(=O)O. The number of urea groups is 1. The summed E-state index contributed by atoms with van der Waals surface area (Å²) in [7, 11) is -2.96. The van der Waals surface area contributed by atoms with Crippen LogP contribution in [0.25, 0.3) is 0 Å². The minimum absolute atomic E-state index is 0.0636. The van der Waals surface area contributed by atoms with Crippen LogP contribution >= 0.6 is 0 Å². The van der Waals surface area contributed by atoms with E-state index in [-0.39, 0.29) is 17.5 Å². The molecule has 7 nitrogen and oxygen atoms in total. The summed E-state index contributed by atoms with van der Waals surface area (Å²) in [6.45, 7) is 1.66. The first-order chi connectivity index (χ1) is 8.34. The highest BCUT2D eigenvalue weighted by atomic mass is 32.2. The van der Waals surface area contributed by atoms with Gasteiger partial charge >= 0.3 is 12.0 Å². The molecule has 104 valence electrons. The van der Waals surface area contributed by atoms with Crippen LogP contribution in [0.3, 0.4) is 0 Å². The fourth-order valence-corrected chi connectivity index (χ4v) is 3.25. The van der Waals surface area contributed by atoms with Crippen molar-refractivity contribution >= 4 is 21.8 Å². The summed E-state index contributed by atoms with van der Waals surface area (Å²) in [6.07, 6.45) is 1.04. The standard InChI is InChI=1S/C10H18N2O5S/c1-2-8(9(13)14)12-10(15)11-7-3-5-18(16,17)6-4-7/h7-8H,2-6H2,1H3,(H,13,14)(H2,11,12,15)/t8-/m0/s1. The summed E-state index contributed by atoms with van der Waals surface area (Å²) in [4.78, 5) is 22.2. The molecule has 0 aromatic rings. The summed E-state index contributed by atoms with van der Waals surface area (Å²) < 4.78 is 22.4. The molecule has 3 N–H and O–H groups in total. The van der Waals surface area contributed by atoms with E-state index < -0.39 is 27.9 Å². The maximum Gasteiger partial charge on any atom is 0.326 e. The largest absolute Gasteiger partial charge is 0.480 e. The van der Waals surface area contributed by atoms with E-state index in [2.05, 4.69) is 10.6 Å². The molecule has 1 aliphatic heterocycles. The molecule has 1 heterocycles. The van der Waals surface area contributed by atoms with Crippen molar-refractivity contribution in [3.05, 3.63) is 0 Å². The summed E-state index contributed by atoms with van der Waals surface area (Å²) in [6, 6.07) is -1.69. The lowest BCUT2D eigenvalue weighted by Crippen LogP contribution is -2.50. The van der Waals surface area contributed by atoms with E-state index in [9.17, 15) is 18.0 Å². The molecular weight excluding hydrogens is 260 g/mol. The van der Waals surface area contributed by atoms with Crippen molar-refractivity contribution < 1.29 is 23.1 Å². The van der Waals surface area contributed by atoms with Crippen LogP contribution in [0.2, 0.25) is 0 Å². The molecule has 0 spiro atoms. The molecule has 1 saturated heterocycles. The number of hydrogen-bond donors (Lipinski definition) is 3. The smallest absolute Gasteiger partial charge is 0.326 e. The van der Waals surface area contributed by atoms with Gasteiger partial charge in [0.15, 0.2) is 0 Å². The van der Waals surface area contributed by atoms with Gasteiger partial charge in [-0.25, -0.2) is 18.0 Å². The lowest BCUT2D eigenvalue weighted by molar-refractivity contribution is -0.139. The van der Waals surface area contributed by atoms with Crippen molar-refractivity contribution in [3.63, 3.8) is 0 Å². The Morgan fingerprint density at radius 2 is 1.89 bits per heavy atom. The number of carbonyl (C=O) groups is 2. The molecule has 0 radical (unpaired) electrons. The van der Waals surface area contributed by atoms with Gasteiger partial charge in [0.05, 0.1) is 11.5 Å². The van der Waals surface area contributed by atoms with Crippen LogP contribution in [0.1, 0.15) is 26.2 Å². The molecule has 0 aromatic carbocycles. The summed E-state index contributed by atoms with van der Waals surface area (Å²) in [5, 5.41) is 13.7. The Hall–Kier alpha value is -1.31. The average Bonchev–Trinajstić information content (AvgIpc) is 2.28. The molecule has 1 aliphatic rings. The van der Waals surface area contributed by atoms with Gasteiger partial charge in [0, 0.05) is 6.04 Å². The number of rotatable bonds is 4. The van der Waals surface area contributed by atoms with Crippen LogP contribution in [0.15, 0.2) is 0 Å². The number of carboxylic acid groups (broad SMARTS) is 1. The van der Waals surface area contributed by atoms with Gasteiger partial charge in [-0.2, -0.15) is 0 Å². The highest BCUT2D eigenvalue weighted by Crippen LogP contribution is 2.11. The van der Waals surface area contributed by atoms with Crippen LogP contribution in [0.5, 0.6) is 0 Å². The Morgan fingerprint density at radius 1 is 1.33 bits per heavy atom. The van der Waals surface area contributed by atoms with Gasteiger partial charge in [0.1, 0.15) is 15.9 Å². The molecular formula is C10H18N2O5S. The Bertz CT molecular complexity index is 406.